The number of aromatic nitrogens is 6. The first-order chi connectivity index (χ1) is 12.5. The second-order valence-electron chi connectivity index (χ2n) is 6.91. The Balaban J connectivity index is 1.50. The van der Waals surface area contributed by atoms with Gasteiger partial charge in [-0.2, -0.15) is 0 Å². The number of nitrogens with one attached hydrogen (secondary N) is 1. The number of rotatable bonds is 4. The van der Waals surface area contributed by atoms with Crippen molar-refractivity contribution in [3.05, 3.63) is 18.1 Å². The molecule has 0 spiro atoms. The summed E-state index contributed by atoms with van der Waals surface area (Å²) in [6.45, 7) is 0.669. The summed E-state index contributed by atoms with van der Waals surface area (Å²) in [6.07, 6.45) is 6.53. The fourth-order valence-corrected chi connectivity index (χ4v) is 4.16. The van der Waals surface area contributed by atoms with E-state index in [0.717, 1.165) is 19.3 Å². The zero-order valence-electron chi connectivity index (χ0n) is 14.5. The smallest absolute Gasteiger partial charge is 0.278 e. The van der Waals surface area contributed by atoms with Crippen molar-refractivity contribution in [2.45, 2.75) is 43.8 Å². The number of anilines is 1. The third-order valence-corrected chi connectivity index (χ3v) is 5.41. The molecule has 2 aromatic rings. The molecule has 2 fully saturated rings. The molecule has 1 aliphatic heterocycles. The van der Waals surface area contributed by atoms with Gasteiger partial charge in [0.1, 0.15) is 6.54 Å². The minimum Gasteiger partial charge on any atom is -0.382 e. The number of fused-ring (bicyclic) bond motifs is 1. The van der Waals surface area contributed by atoms with Crippen LogP contribution in [0.1, 0.15) is 36.2 Å². The summed E-state index contributed by atoms with van der Waals surface area (Å²) in [5, 5.41) is 18.4. The highest BCUT2D eigenvalue weighted by Crippen LogP contribution is 2.42. The van der Waals surface area contributed by atoms with E-state index in [2.05, 4.69) is 25.9 Å². The largest absolute Gasteiger partial charge is 0.382 e. The highest BCUT2D eigenvalue weighted by atomic mass is 16.2. The summed E-state index contributed by atoms with van der Waals surface area (Å²) < 4.78 is 2.86. The topological polar surface area (TPSA) is 137 Å². The van der Waals surface area contributed by atoms with Crippen molar-refractivity contribution in [3.8, 4) is 0 Å². The number of carbonyl (C=O) groups excluding carboxylic acids is 2. The van der Waals surface area contributed by atoms with Gasteiger partial charge in [-0.3, -0.25) is 9.59 Å². The Labute approximate surface area is 149 Å². The molecule has 1 saturated heterocycles. The Morgan fingerprint density at radius 1 is 1.38 bits per heavy atom. The first-order valence-corrected chi connectivity index (χ1v) is 8.61. The number of nitrogens with zero attached hydrogens (tertiary/aromatic N) is 7. The third-order valence-electron chi connectivity index (χ3n) is 5.41. The van der Waals surface area contributed by atoms with Crippen molar-refractivity contribution >= 4 is 17.6 Å². The lowest BCUT2D eigenvalue weighted by molar-refractivity contribution is -0.124. The molecule has 2 aliphatic rings. The fraction of sp³-hybridized carbons (Fsp3) is 0.600. The van der Waals surface area contributed by atoms with Gasteiger partial charge in [0.2, 0.25) is 5.91 Å². The molecule has 11 heteroatoms. The monoisotopic (exact) mass is 359 g/mol. The standard InChI is InChI=1S/C15H21N9O2/c1-22-13(16)12(19-21-22)14(26)24-7-5-15(4-2-3-10(15)24)18-11(25)9-23-8-6-17-20-23/h6,8,10H,2-5,7,9,16H2,1H3,(H,18,25). The molecule has 0 radical (unpaired) electrons. The van der Waals surface area contributed by atoms with E-state index in [1.54, 1.807) is 18.1 Å². The van der Waals surface area contributed by atoms with Gasteiger partial charge in [0.15, 0.2) is 11.5 Å². The minimum atomic E-state index is -0.399. The zero-order valence-corrected chi connectivity index (χ0v) is 14.5. The van der Waals surface area contributed by atoms with Gasteiger partial charge in [-0.1, -0.05) is 10.4 Å². The summed E-state index contributed by atoms with van der Waals surface area (Å²) in [6, 6.07) is -0.0592. The number of hydrogen-bond donors (Lipinski definition) is 2. The SMILES string of the molecule is Cn1nnc(C(=O)N2CCC3(NC(=O)Cn4ccnn4)CCCC23)c1N. The molecule has 2 amide bonds. The van der Waals surface area contributed by atoms with Gasteiger partial charge in [-0.15, -0.1) is 10.2 Å². The van der Waals surface area contributed by atoms with E-state index in [9.17, 15) is 9.59 Å². The maximum atomic E-state index is 12.9. The van der Waals surface area contributed by atoms with Crippen LogP contribution < -0.4 is 11.1 Å². The van der Waals surface area contributed by atoms with Gasteiger partial charge in [0.25, 0.3) is 5.91 Å². The fourth-order valence-electron chi connectivity index (χ4n) is 4.16. The van der Waals surface area contributed by atoms with Crippen LogP contribution in [0, 0.1) is 0 Å². The maximum Gasteiger partial charge on any atom is 0.278 e. The van der Waals surface area contributed by atoms with Crippen LogP contribution in [-0.2, 0) is 18.4 Å². The molecule has 11 nitrogen and oxygen atoms in total. The lowest BCUT2D eigenvalue weighted by Crippen LogP contribution is -2.55. The Kier molecular flexibility index (Phi) is 3.85. The minimum absolute atomic E-state index is 0.0592. The predicted molar refractivity (Wildman–Crippen MR) is 89.6 cm³/mol. The molecule has 1 aliphatic carbocycles. The van der Waals surface area contributed by atoms with Crippen LogP contribution in [0.4, 0.5) is 5.82 Å². The molecule has 3 N–H and O–H groups in total. The molecule has 26 heavy (non-hydrogen) atoms. The first kappa shape index (κ1) is 16.5. The van der Waals surface area contributed by atoms with Crippen LogP contribution in [-0.4, -0.2) is 64.8 Å². The molecular formula is C15H21N9O2. The predicted octanol–water partition coefficient (Wildman–Crippen LogP) is -1.06. The van der Waals surface area contributed by atoms with Crippen molar-refractivity contribution < 1.29 is 9.59 Å². The molecule has 4 rings (SSSR count). The Morgan fingerprint density at radius 2 is 2.23 bits per heavy atom. The molecule has 0 bridgehead atoms. The molecule has 2 atom stereocenters. The van der Waals surface area contributed by atoms with Crippen molar-refractivity contribution in [1.82, 2.24) is 40.2 Å². The van der Waals surface area contributed by atoms with E-state index < -0.39 is 5.54 Å². The number of likely N-dealkylation sites (tertiary alicyclic amines) is 1. The molecule has 1 saturated carbocycles. The molecule has 0 aromatic carbocycles. The van der Waals surface area contributed by atoms with Crippen molar-refractivity contribution in [3.63, 3.8) is 0 Å². The van der Waals surface area contributed by atoms with Crippen LogP contribution in [0.2, 0.25) is 0 Å². The van der Waals surface area contributed by atoms with Gasteiger partial charge in [0, 0.05) is 19.8 Å². The second-order valence-corrected chi connectivity index (χ2v) is 6.91. The molecule has 3 heterocycles. The highest BCUT2D eigenvalue weighted by Gasteiger charge is 2.53. The maximum absolute atomic E-state index is 12.9. The van der Waals surface area contributed by atoms with Crippen LogP contribution >= 0.6 is 0 Å². The van der Waals surface area contributed by atoms with Gasteiger partial charge in [-0.25, -0.2) is 9.36 Å². The van der Waals surface area contributed by atoms with E-state index in [0.29, 0.717) is 13.0 Å². The van der Waals surface area contributed by atoms with Crippen LogP contribution in [0.5, 0.6) is 0 Å². The Hall–Kier alpha value is -2.98. The second kappa shape index (κ2) is 6.07. The van der Waals surface area contributed by atoms with Crippen LogP contribution in [0.25, 0.3) is 0 Å². The van der Waals surface area contributed by atoms with E-state index in [1.807, 2.05) is 0 Å². The van der Waals surface area contributed by atoms with Crippen LogP contribution in [0.15, 0.2) is 12.4 Å². The average Bonchev–Trinajstić information content (AvgIpc) is 3.34. The Morgan fingerprint density at radius 3 is 2.92 bits per heavy atom. The van der Waals surface area contributed by atoms with E-state index in [4.69, 9.17) is 5.73 Å². The third kappa shape index (κ3) is 2.59. The number of nitrogens with two attached hydrogens (primary N) is 1. The lowest BCUT2D eigenvalue weighted by atomic mass is 9.93. The quantitative estimate of drug-likeness (QED) is 0.710. The number of nitrogen functional groups attached to an aromatic ring is 1. The zero-order chi connectivity index (χ0) is 18.3. The number of aryl methyl sites for hydroxylation is 1. The number of carbonyl (C=O) groups is 2. The summed E-state index contributed by atoms with van der Waals surface area (Å²) in [5.41, 5.74) is 5.67. The summed E-state index contributed by atoms with van der Waals surface area (Å²) in [5.74, 6) is -0.105. The molecular weight excluding hydrogens is 338 g/mol. The molecule has 2 unspecified atom stereocenters. The van der Waals surface area contributed by atoms with Gasteiger partial charge in [0.05, 0.1) is 17.8 Å². The average molecular weight is 359 g/mol. The van der Waals surface area contributed by atoms with Gasteiger partial charge in [-0.05, 0) is 25.7 Å². The molecule has 138 valence electrons. The van der Waals surface area contributed by atoms with Gasteiger partial charge >= 0.3 is 0 Å². The van der Waals surface area contributed by atoms with E-state index in [-0.39, 0.29) is 35.9 Å². The highest BCUT2D eigenvalue weighted by molar-refractivity contribution is 5.97. The van der Waals surface area contributed by atoms with Crippen molar-refractivity contribution in [1.29, 1.82) is 0 Å². The normalized spacial score (nSPS) is 24.7. The van der Waals surface area contributed by atoms with E-state index in [1.165, 1.54) is 15.6 Å². The summed E-state index contributed by atoms with van der Waals surface area (Å²) in [4.78, 5) is 27.1. The van der Waals surface area contributed by atoms with E-state index >= 15 is 0 Å². The first-order valence-electron chi connectivity index (χ1n) is 8.61. The Bertz CT molecular complexity index is 830. The number of hydrogen-bond acceptors (Lipinski definition) is 7. The van der Waals surface area contributed by atoms with Crippen LogP contribution in [0.3, 0.4) is 0 Å². The van der Waals surface area contributed by atoms with Crippen molar-refractivity contribution in [2.24, 2.45) is 7.05 Å². The number of amides is 2. The van der Waals surface area contributed by atoms with Gasteiger partial charge < -0.3 is 16.0 Å². The lowest BCUT2D eigenvalue weighted by Gasteiger charge is -2.33. The summed E-state index contributed by atoms with van der Waals surface area (Å²) in [7, 11) is 1.65. The van der Waals surface area contributed by atoms with Crippen molar-refractivity contribution in [2.75, 3.05) is 12.3 Å². The molecule has 2 aromatic heterocycles. The summed E-state index contributed by atoms with van der Waals surface area (Å²) >= 11 is 0.